The number of amides is 1. The molecule has 1 aliphatic rings. The van der Waals surface area contributed by atoms with E-state index in [1.54, 1.807) is 23.2 Å². The molecule has 9 heteroatoms. The molecule has 1 N–H and O–H groups in total. The van der Waals surface area contributed by atoms with E-state index in [2.05, 4.69) is 15.2 Å². The third-order valence-electron chi connectivity index (χ3n) is 5.87. The first-order chi connectivity index (χ1) is 16.0. The molecule has 1 aliphatic heterocycles. The summed E-state index contributed by atoms with van der Waals surface area (Å²) in [6.45, 7) is 3.54. The van der Waals surface area contributed by atoms with Crippen molar-refractivity contribution in [1.29, 1.82) is 0 Å². The molecule has 0 saturated carbocycles. The van der Waals surface area contributed by atoms with Crippen molar-refractivity contribution >= 4 is 5.91 Å². The average molecular weight is 454 g/mol. The van der Waals surface area contributed by atoms with Gasteiger partial charge in [-0.05, 0) is 24.1 Å². The minimum atomic E-state index is -0.265. The molecule has 0 fully saturated rings. The fourth-order valence-corrected chi connectivity index (χ4v) is 4.22. The Labute approximate surface area is 191 Å². The number of pyridine rings is 1. The smallest absolute Gasteiger partial charge is 0.256 e. The van der Waals surface area contributed by atoms with Crippen LogP contribution in [0, 0.1) is 5.82 Å². The summed E-state index contributed by atoms with van der Waals surface area (Å²) in [5, 5.41) is 2.96. The molecular formula is C24H28FN5O3. The third-order valence-corrected chi connectivity index (χ3v) is 5.87. The van der Waals surface area contributed by atoms with Crippen molar-refractivity contribution in [3.05, 3.63) is 82.0 Å². The first-order valence-electron chi connectivity index (χ1n) is 11.1. The lowest BCUT2D eigenvalue weighted by atomic mass is 10.1. The van der Waals surface area contributed by atoms with Gasteiger partial charge in [-0.2, -0.15) is 0 Å². The maximum absolute atomic E-state index is 13.6. The molecular weight excluding hydrogens is 425 g/mol. The maximum Gasteiger partial charge on any atom is 0.256 e. The molecule has 3 aromatic rings. The van der Waals surface area contributed by atoms with E-state index in [-0.39, 0.29) is 23.0 Å². The lowest BCUT2D eigenvalue weighted by molar-refractivity contribution is 0.0947. The van der Waals surface area contributed by atoms with Crippen molar-refractivity contribution in [1.82, 2.24) is 24.3 Å². The molecule has 4 rings (SSSR count). The molecule has 0 spiro atoms. The molecule has 3 heterocycles. The van der Waals surface area contributed by atoms with Crippen molar-refractivity contribution in [3.63, 3.8) is 0 Å². The highest BCUT2D eigenvalue weighted by atomic mass is 19.1. The Balaban J connectivity index is 1.48. The number of benzene rings is 1. The van der Waals surface area contributed by atoms with Gasteiger partial charge in [-0.1, -0.05) is 12.1 Å². The van der Waals surface area contributed by atoms with E-state index in [0.29, 0.717) is 50.4 Å². The summed E-state index contributed by atoms with van der Waals surface area (Å²) in [6.07, 6.45) is 6.60. The van der Waals surface area contributed by atoms with E-state index in [0.717, 1.165) is 18.5 Å². The minimum Gasteiger partial charge on any atom is -0.496 e. The number of carbonyl (C=O) groups is 1. The number of halogens is 1. The second kappa shape index (κ2) is 10.4. The summed E-state index contributed by atoms with van der Waals surface area (Å²) in [7, 11) is 1.47. The van der Waals surface area contributed by atoms with Crippen LogP contribution >= 0.6 is 0 Å². The average Bonchev–Trinajstić information content (AvgIpc) is 3.23. The number of imidazole rings is 1. The van der Waals surface area contributed by atoms with Gasteiger partial charge >= 0.3 is 0 Å². The largest absolute Gasteiger partial charge is 0.496 e. The Hall–Kier alpha value is -3.46. The van der Waals surface area contributed by atoms with Crippen molar-refractivity contribution in [3.8, 4) is 5.75 Å². The lowest BCUT2D eigenvalue weighted by Crippen LogP contribution is -2.32. The molecule has 33 heavy (non-hydrogen) atoms. The third kappa shape index (κ3) is 5.48. The zero-order valence-corrected chi connectivity index (χ0v) is 18.7. The van der Waals surface area contributed by atoms with Crippen LogP contribution in [0.4, 0.5) is 4.39 Å². The Morgan fingerprint density at radius 1 is 1.24 bits per heavy atom. The van der Waals surface area contributed by atoms with E-state index >= 15 is 0 Å². The summed E-state index contributed by atoms with van der Waals surface area (Å²) >= 11 is 0. The van der Waals surface area contributed by atoms with E-state index in [1.165, 1.54) is 25.3 Å². The molecule has 0 bridgehead atoms. The highest BCUT2D eigenvalue weighted by Gasteiger charge is 2.25. The molecule has 0 atom stereocenters. The Kier molecular flexibility index (Phi) is 7.19. The number of nitrogens with zero attached hydrogens (tertiary/aromatic N) is 4. The summed E-state index contributed by atoms with van der Waals surface area (Å²) in [5.74, 6) is -0.227. The number of fused-ring (bicyclic) bond motifs is 1. The Morgan fingerprint density at radius 3 is 2.88 bits per heavy atom. The number of aromatic nitrogens is 3. The van der Waals surface area contributed by atoms with Crippen LogP contribution in [-0.2, 0) is 26.1 Å². The Bertz CT molecular complexity index is 1160. The van der Waals surface area contributed by atoms with Gasteiger partial charge in [-0.15, -0.1) is 0 Å². The van der Waals surface area contributed by atoms with Crippen LogP contribution in [0.2, 0.25) is 0 Å². The molecule has 1 amide bonds. The van der Waals surface area contributed by atoms with Gasteiger partial charge in [0.25, 0.3) is 11.5 Å². The molecule has 0 aliphatic carbocycles. The lowest BCUT2D eigenvalue weighted by Gasteiger charge is -2.19. The molecule has 2 aromatic heterocycles. The van der Waals surface area contributed by atoms with Gasteiger partial charge in [0.1, 0.15) is 17.1 Å². The van der Waals surface area contributed by atoms with Gasteiger partial charge in [-0.25, -0.2) is 9.37 Å². The molecule has 1 aromatic carbocycles. The van der Waals surface area contributed by atoms with Gasteiger partial charge in [0.2, 0.25) is 0 Å². The van der Waals surface area contributed by atoms with E-state index < -0.39 is 0 Å². The van der Waals surface area contributed by atoms with Crippen molar-refractivity contribution in [2.75, 3.05) is 26.7 Å². The van der Waals surface area contributed by atoms with Gasteiger partial charge in [-0.3, -0.25) is 14.5 Å². The molecule has 0 unspecified atom stereocenters. The maximum atomic E-state index is 13.6. The first-order valence-corrected chi connectivity index (χ1v) is 11.1. The SMILES string of the molecule is COc1cc(=O)n2c(c1C(=O)NCCCn1ccnc1)CCN(Cc1cccc(F)c1)CC2. The van der Waals surface area contributed by atoms with E-state index in [9.17, 15) is 14.0 Å². The van der Waals surface area contributed by atoms with Crippen molar-refractivity contribution < 1.29 is 13.9 Å². The fraction of sp³-hybridized carbons (Fsp3) is 0.375. The Morgan fingerprint density at radius 2 is 2.12 bits per heavy atom. The van der Waals surface area contributed by atoms with Crippen LogP contribution < -0.4 is 15.6 Å². The van der Waals surface area contributed by atoms with Gasteiger partial charge in [0, 0.05) is 69.8 Å². The number of methoxy groups -OCH3 is 1. The second-order valence-electron chi connectivity index (χ2n) is 8.09. The second-order valence-corrected chi connectivity index (χ2v) is 8.09. The number of hydrogen-bond acceptors (Lipinski definition) is 5. The summed E-state index contributed by atoms with van der Waals surface area (Å²) in [5.41, 5.74) is 1.77. The van der Waals surface area contributed by atoms with Gasteiger partial charge in [0.05, 0.1) is 13.4 Å². The predicted molar refractivity (Wildman–Crippen MR) is 122 cm³/mol. The summed E-state index contributed by atoms with van der Waals surface area (Å²) in [6, 6.07) is 7.91. The predicted octanol–water partition coefficient (Wildman–Crippen LogP) is 2.07. The topological polar surface area (TPSA) is 81.4 Å². The number of hydrogen-bond donors (Lipinski definition) is 1. The monoisotopic (exact) mass is 453 g/mol. The van der Waals surface area contributed by atoms with E-state index in [1.807, 2.05) is 16.8 Å². The number of rotatable bonds is 8. The van der Waals surface area contributed by atoms with Crippen molar-refractivity contribution in [2.24, 2.45) is 0 Å². The van der Waals surface area contributed by atoms with Gasteiger partial charge < -0.3 is 19.2 Å². The highest BCUT2D eigenvalue weighted by molar-refractivity contribution is 5.98. The van der Waals surface area contributed by atoms with Crippen LogP contribution in [0.15, 0.2) is 53.8 Å². The molecule has 0 saturated heterocycles. The fourth-order valence-electron chi connectivity index (χ4n) is 4.22. The van der Waals surface area contributed by atoms with Crippen LogP contribution in [0.1, 0.15) is 28.0 Å². The van der Waals surface area contributed by atoms with Crippen LogP contribution in [0.3, 0.4) is 0 Å². The van der Waals surface area contributed by atoms with Gasteiger partial charge in [0.15, 0.2) is 0 Å². The standard InChI is InChI=1S/C24H28FN5O3/c1-33-21-15-22(31)30-13-12-28(16-18-4-2-5-19(25)14-18)10-6-20(30)23(21)24(32)27-7-3-9-29-11-8-26-17-29/h2,4-5,8,11,14-15,17H,3,6-7,9-10,12-13,16H2,1H3,(H,27,32). The number of nitrogens with one attached hydrogen (secondary N) is 1. The normalized spacial score (nSPS) is 13.9. The van der Waals surface area contributed by atoms with Crippen LogP contribution in [-0.4, -0.2) is 51.7 Å². The molecule has 0 radical (unpaired) electrons. The zero-order chi connectivity index (χ0) is 23.2. The summed E-state index contributed by atoms with van der Waals surface area (Å²) in [4.78, 5) is 32.0. The number of ether oxygens (including phenoxy) is 1. The number of aryl methyl sites for hydroxylation is 1. The van der Waals surface area contributed by atoms with E-state index in [4.69, 9.17) is 4.74 Å². The minimum absolute atomic E-state index is 0.189. The zero-order valence-electron chi connectivity index (χ0n) is 18.7. The van der Waals surface area contributed by atoms with Crippen molar-refractivity contribution in [2.45, 2.75) is 32.5 Å². The quantitative estimate of drug-likeness (QED) is 0.528. The summed E-state index contributed by atoms with van der Waals surface area (Å²) < 4.78 is 22.6. The molecule has 8 nitrogen and oxygen atoms in total. The van der Waals surface area contributed by atoms with Crippen LogP contribution in [0.5, 0.6) is 5.75 Å². The number of carbonyl (C=O) groups excluding carboxylic acids is 1. The molecule has 174 valence electrons. The highest BCUT2D eigenvalue weighted by Crippen LogP contribution is 2.23. The first kappa shape index (κ1) is 22.7. The van der Waals surface area contributed by atoms with Crippen LogP contribution in [0.25, 0.3) is 0 Å².